The number of hydrazine groups is 1. The number of nitrogens with zero attached hydrogens (tertiary/aromatic N) is 3. The molecule has 63 heavy (non-hydrogen) atoms. The molecule has 298 valence electrons. The van der Waals surface area contributed by atoms with Gasteiger partial charge in [0.25, 0.3) is 0 Å². The number of aromatic nitrogens is 2. The van der Waals surface area contributed by atoms with Crippen LogP contribution in [0, 0.1) is 0 Å². The van der Waals surface area contributed by atoms with E-state index >= 15 is 0 Å². The lowest BCUT2D eigenvalue weighted by Crippen LogP contribution is -2.37. The molecule has 5 nitrogen and oxygen atoms in total. The predicted octanol–water partition coefficient (Wildman–Crippen LogP) is 13.0. The summed E-state index contributed by atoms with van der Waals surface area (Å²) >= 11 is 1.88. The summed E-state index contributed by atoms with van der Waals surface area (Å²) in [5.74, 6) is 6.98. The zero-order valence-corrected chi connectivity index (χ0v) is 34.9. The van der Waals surface area contributed by atoms with Gasteiger partial charge in [-0.05, 0) is 81.9 Å². The van der Waals surface area contributed by atoms with Crippen LogP contribution in [-0.4, -0.2) is 15.0 Å². The number of hydrogen-bond donors (Lipinski definition) is 2. The van der Waals surface area contributed by atoms with Crippen LogP contribution in [0.25, 0.3) is 55.0 Å². The minimum absolute atomic E-state index is 0.244. The van der Waals surface area contributed by atoms with E-state index in [0.29, 0.717) is 5.84 Å². The second-order valence-electron chi connectivity index (χ2n) is 16.5. The molecule has 0 bridgehead atoms. The van der Waals surface area contributed by atoms with Gasteiger partial charge in [0.15, 0.2) is 0 Å². The highest BCUT2D eigenvalue weighted by molar-refractivity contribution is 7.99. The van der Waals surface area contributed by atoms with Crippen LogP contribution in [-0.2, 0) is 5.41 Å². The third kappa shape index (κ3) is 5.14. The largest absolute Gasteiger partial charge is 0.309 e. The molecule has 13 rings (SSSR count). The van der Waals surface area contributed by atoms with Crippen molar-refractivity contribution < 1.29 is 0 Å². The SMILES string of the molecule is NNC(=NC(c1ccccc1)c1ccccc1)c1cccc(-n2c3ccccc3c3cc4c(cc32)Sc2ccccc2C42c3ccccc3-n3c4ccccc4c4cccc2c43)c1. The fraction of sp³-hybridized carbons (Fsp3) is 0.0351. The molecule has 6 heteroatoms. The Balaban J connectivity index is 1.06. The molecule has 1 spiro atoms. The molecular formula is C57H39N5S. The Morgan fingerprint density at radius 1 is 0.476 bits per heavy atom. The third-order valence-electron chi connectivity index (χ3n) is 13.3. The predicted molar refractivity (Wildman–Crippen MR) is 260 cm³/mol. The van der Waals surface area contributed by atoms with Crippen LogP contribution in [0.2, 0.25) is 0 Å². The summed E-state index contributed by atoms with van der Waals surface area (Å²) < 4.78 is 4.92. The normalized spacial score (nSPS) is 15.3. The van der Waals surface area contributed by atoms with E-state index in [-0.39, 0.29) is 6.04 Å². The summed E-state index contributed by atoms with van der Waals surface area (Å²) in [4.78, 5) is 7.83. The molecule has 4 heterocycles. The Bertz CT molecular complexity index is 3620. The fourth-order valence-electron chi connectivity index (χ4n) is 10.8. The van der Waals surface area contributed by atoms with Crippen LogP contribution >= 0.6 is 11.8 Å². The van der Waals surface area contributed by atoms with Crippen LogP contribution < -0.4 is 11.3 Å². The van der Waals surface area contributed by atoms with Crippen LogP contribution in [0.1, 0.15) is 45.0 Å². The standard InChI is InChI=1S/C57H39N5S/c58-60-56(59-54(36-17-3-1-4-18-36)37-19-5-2-6-20-37)38-21-15-22-39(33-38)61-48-29-11-8-24-41(48)43-34-47-53(35-51(43)61)63-52-32-14-10-27-45(52)57(47)44-26-9-13-31-50(44)62-49-30-12-7-23-40(49)42-25-16-28-46(57)55(42)62/h1-35,54H,58H2,(H,59,60). The van der Waals surface area contributed by atoms with E-state index in [9.17, 15) is 0 Å². The van der Waals surface area contributed by atoms with Crippen molar-refractivity contribution in [3.05, 3.63) is 251 Å². The number of aliphatic imine (C=N–C) groups is 1. The average molecular weight is 826 g/mol. The van der Waals surface area contributed by atoms with Gasteiger partial charge >= 0.3 is 0 Å². The first kappa shape index (κ1) is 36.1. The van der Waals surface area contributed by atoms with Gasteiger partial charge in [-0.15, -0.1) is 0 Å². The van der Waals surface area contributed by atoms with E-state index in [0.717, 1.165) is 33.4 Å². The molecule has 2 aliphatic rings. The summed E-state index contributed by atoms with van der Waals surface area (Å²) in [6, 6.07) is 76.9. The smallest absolute Gasteiger partial charge is 0.143 e. The lowest BCUT2D eigenvalue weighted by molar-refractivity contribution is 0.691. The summed E-state index contributed by atoms with van der Waals surface area (Å²) in [6.45, 7) is 0. The maximum Gasteiger partial charge on any atom is 0.143 e. The van der Waals surface area contributed by atoms with E-state index in [2.05, 4.69) is 215 Å². The van der Waals surface area contributed by atoms with Gasteiger partial charge in [-0.3, -0.25) is 4.99 Å². The van der Waals surface area contributed by atoms with Gasteiger partial charge in [-0.1, -0.05) is 176 Å². The van der Waals surface area contributed by atoms with E-state index in [1.165, 1.54) is 70.3 Å². The monoisotopic (exact) mass is 825 g/mol. The number of nitrogens with one attached hydrogen (secondary N) is 1. The minimum Gasteiger partial charge on any atom is -0.309 e. The maximum absolute atomic E-state index is 6.36. The molecule has 0 aliphatic carbocycles. The zero-order chi connectivity index (χ0) is 41.6. The molecule has 11 aromatic rings. The number of benzene rings is 9. The summed E-state index contributed by atoms with van der Waals surface area (Å²) in [6.07, 6.45) is 0. The van der Waals surface area contributed by atoms with Crippen LogP contribution in [0.4, 0.5) is 0 Å². The lowest BCUT2D eigenvalue weighted by Gasteiger charge is -2.45. The number of nitrogens with two attached hydrogens (primary N) is 1. The molecular weight excluding hydrogens is 787 g/mol. The van der Waals surface area contributed by atoms with Gasteiger partial charge in [0.05, 0.1) is 33.2 Å². The van der Waals surface area contributed by atoms with Crippen molar-refractivity contribution >= 4 is 61.2 Å². The molecule has 1 unspecified atom stereocenters. The lowest BCUT2D eigenvalue weighted by atomic mass is 9.62. The van der Waals surface area contributed by atoms with Crippen molar-refractivity contribution in [2.45, 2.75) is 21.2 Å². The number of rotatable bonds is 5. The number of hydrogen-bond acceptors (Lipinski definition) is 3. The Kier molecular flexibility index (Phi) is 7.98. The van der Waals surface area contributed by atoms with Gasteiger partial charge in [0, 0.05) is 42.6 Å². The fourth-order valence-corrected chi connectivity index (χ4v) is 12.0. The molecule has 1 atom stereocenters. The molecule has 0 fully saturated rings. The quantitative estimate of drug-likeness (QED) is 0.0786. The van der Waals surface area contributed by atoms with Crippen LogP contribution in [0.5, 0.6) is 0 Å². The van der Waals surface area contributed by atoms with E-state index < -0.39 is 5.41 Å². The van der Waals surface area contributed by atoms with Gasteiger partial charge in [0.2, 0.25) is 0 Å². The number of para-hydroxylation sites is 4. The van der Waals surface area contributed by atoms with Crippen molar-refractivity contribution in [1.29, 1.82) is 0 Å². The molecule has 0 radical (unpaired) electrons. The highest BCUT2D eigenvalue weighted by Crippen LogP contribution is 2.61. The maximum atomic E-state index is 6.36. The molecule has 0 amide bonds. The molecule has 2 aliphatic heterocycles. The van der Waals surface area contributed by atoms with E-state index in [1.54, 1.807) is 0 Å². The molecule has 0 saturated heterocycles. The van der Waals surface area contributed by atoms with E-state index in [4.69, 9.17) is 10.8 Å². The molecule has 0 saturated carbocycles. The van der Waals surface area contributed by atoms with Gasteiger partial charge < -0.3 is 14.6 Å². The molecule has 3 N–H and O–H groups in total. The van der Waals surface area contributed by atoms with Crippen molar-refractivity contribution in [3.63, 3.8) is 0 Å². The van der Waals surface area contributed by atoms with Gasteiger partial charge in [-0.2, -0.15) is 0 Å². The average Bonchev–Trinajstić information content (AvgIpc) is 3.86. The Morgan fingerprint density at radius 2 is 1.08 bits per heavy atom. The van der Waals surface area contributed by atoms with Gasteiger partial charge in [-0.25, -0.2) is 5.84 Å². The van der Waals surface area contributed by atoms with E-state index in [1.807, 2.05) is 23.9 Å². The second kappa shape index (κ2) is 13.9. The second-order valence-corrected chi connectivity index (χ2v) is 17.6. The Labute approximate surface area is 368 Å². The highest BCUT2D eigenvalue weighted by Gasteiger charge is 2.49. The number of amidine groups is 1. The van der Waals surface area contributed by atoms with Crippen LogP contribution in [0.3, 0.4) is 0 Å². The van der Waals surface area contributed by atoms with Crippen molar-refractivity contribution in [3.8, 4) is 11.4 Å². The summed E-state index contributed by atoms with van der Waals surface area (Å²) in [5, 5.41) is 4.97. The van der Waals surface area contributed by atoms with Crippen molar-refractivity contribution in [1.82, 2.24) is 14.6 Å². The van der Waals surface area contributed by atoms with Gasteiger partial charge in [0.1, 0.15) is 11.9 Å². The first-order valence-electron chi connectivity index (χ1n) is 21.4. The molecule has 9 aromatic carbocycles. The van der Waals surface area contributed by atoms with Crippen molar-refractivity contribution in [2.75, 3.05) is 0 Å². The number of fused-ring (bicyclic) bond motifs is 14. The topological polar surface area (TPSA) is 60.3 Å². The molecule has 2 aromatic heterocycles. The zero-order valence-electron chi connectivity index (χ0n) is 34.1. The van der Waals surface area contributed by atoms with Crippen LogP contribution in [0.15, 0.2) is 227 Å². The highest BCUT2D eigenvalue weighted by atomic mass is 32.2. The first-order chi connectivity index (χ1) is 31.2. The van der Waals surface area contributed by atoms with Crippen molar-refractivity contribution in [2.24, 2.45) is 10.8 Å². The Morgan fingerprint density at radius 3 is 1.84 bits per heavy atom. The Hall–Kier alpha value is -7.64. The summed E-state index contributed by atoms with van der Waals surface area (Å²) in [7, 11) is 0. The third-order valence-corrected chi connectivity index (χ3v) is 14.5. The first-order valence-corrected chi connectivity index (χ1v) is 22.3. The minimum atomic E-state index is -0.568. The summed E-state index contributed by atoms with van der Waals surface area (Å²) in [5.41, 5.74) is 17.8.